The standard InChI is InChI=1S/C21H23N3O3S2/c22-17-18-7-4-5-10-20(18)29(26,27)24-14-12-23(13-15-24)21(25)11-6-16-28-19-8-2-1-3-9-19/h1-5,7-10H,6,11-16H2. The fourth-order valence-electron chi connectivity index (χ4n) is 3.19. The molecule has 1 fully saturated rings. The van der Waals surface area contributed by atoms with Crippen LogP contribution >= 0.6 is 11.8 Å². The van der Waals surface area contributed by atoms with E-state index in [9.17, 15) is 18.5 Å². The molecule has 1 aliphatic heterocycles. The summed E-state index contributed by atoms with van der Waals surface area (Å²) in [5, 5.41) is 9.18. The Morgan fingerprint density at radius 2 is 1.66 bits per heavy atom. The molecule has 2 aromatic carbocycles. The Bertz CT molecular complexity index is 980. The Kier molecular flexibility index (Phi) is 7.31. The molecular weight excluding hydrogens is 406 g/mol. The first-order valence-electron chi connectivity index (χ1n) is 9.47. The molecule has 3 rings (SSSR count). The number of sulfonamides is 1. The van der Waals surface area contributed by atoms with Crippen molar-refractivity contribution in [1.29, 1.82) is 5.26 Å². The van der Waals surface area contributed by atoms with Gasteiger partial charge in [-0.3, -0.25) is 4.79 Å². The van der Waals surface area contributed by atoms with Crippen LogP contribution in [-0.2, 0) is 14.8 Å². The van der Waals surface area contributed by atoms with Gasteiger partial charge in [0.05, 0.1) is 10.5 Å². The van der Waals surface area contributed by atoms with Crippen LogP contribution in [-0.4, -0.2) is 55.5 Å². The highest BCUT2D eigenvalue weighted by atomic mass is 32.2. The van der Waals surface area contributed by atoms with Crippen molar-refractivity contribution >= 4 is 27.7 Å². The van der Waals surface area contributed by atoms with Gasteiger partial charge in [0.2, 0.25) is 15.9 Å². The number of nitriles is 1. The maximum atomic E-state index is 12.9. The monoisotopic (exact) mass is 429 g/mol. The smallest absolute Gasteiger partial charge is 0.244 e. The zero-order valence-corrected chi connectivity index (χ0v) is 17.7. The summed E-state index contributed by atoms with van der Waals surface area (Å²) >= 11 is 1.73. The first-order valence-corrected chi connectivity index (χ1v) is 11.9. The lowest BCUT2D eigenvalue weighted by atomic mass is 10.2. The third-order valence-electron chi connectivity index (χ3n) is 4.76. The minimum Gasteiger partial charge on any atom is -0.340 e. The third kappa shape index (κ3) is 5.38. The van der Waals surface area contributed by atoms with E-state index in [0.717, 1.165) is 12.2 Å². The lowest BCUT2D eigenvalue weighted by molar-refractivity contribution is -0.132. The van der Waals surface area contributed by atoms with Crippen molar-refractivity contribution < 1.29 is 13.2 Å². The van der Waals surface area contributed by atoms with Crippen LogP contribution in [0.25, 0.3) is 0 Å². The Morgan fingerprint density at radius 1 is 1.00 bits per heavy atom. The average Bonchev–Trinajstić information content (AvgIpc) is 2.77. The van der Waals surface area contributed by atoms with Crippen LogP contribution in [0, 0.1) is 11.3 Å². The van der Waals surface area contributed by atoms with E-state index in [2.05, 4.69) is 12.1 Å². The van der Waals surface area contributed by atoms with Crippen molar-refractivity contribution in [3.8, 4) is 6.07 Å². The van der Waals surface area contributed by atoms with Gasteiger partial charge in [-0.05, 0) is 36.4 Å². The summed E-state index contributed by atoms with van der Waals surface area (Å²) in [5.74, 6) is 0.933. The molecule has 29 heavy (non-hydrogen) atoms. The number of nitrogens with zero attached hydrogens (tertiary/aromatic N) is 3. The van der Waals surface area contributed by atoms with Crippen LogP contribution < -0.4 is 0 Å². The Morgan fingerprint density at radius 3 is 2.34 bits per heavy atom. The Balaban J connectivity index is 1.48. The fourth-order valence-corrected chi connectivity index (χ4v) is 5.63. The molecule has 1 amide bonds. The quantitative estimate of drug-likeness (QED) is 0.499. The molecule has 0 bridgehead atoms. The van der Waals surface area contributed by atoms with Crippen LogP contribution in [0.2, 0.25) is 0 Å². The lowest BCUT2D eigenvalue weighted by Crippen LogP contribution is -2.50. The molecule has 1 heterocycles. The van der Waals surface area contributed by atoms with E-state index < -0.39 is 10.0 Å². The third-order valence-corrected chi connectivity index (χ3v) is 7.82. The number of rotatable bonds is 7. The highest BCUT2D eigenvalue weighted by Gasteiger charge is 2.31. The summed E-state index contributed by atoms with van der Waals surface area (Å²) in [7, 11) is -3.74. The number of thioether (sulfide) groups is 1. The van der Waals surface area contributed by atoms with Crippen molar-refractivity contribution in [2.45, 2.75) is 22.6 Å². The van der Waals surface area contributed by atoms with Gasteiger partial charge in [0, 0.05) is 37.5 Å². The summed E-state index contributed by atoms with van der Waals surface area (Å²) in [4.78, 5) is 15.4. The molecule has 6 nitrogen and oxygen atoms in total. The molecule has 0 saturated carbocycles. The number of piperazine rings is 1. The molecule has 0 spiro atoms. The number of benzene rings is 2. The maximum Gasteiger partial charge on any atom is 0.244 e. The van der Waals surface area contributed by atoms with Gasteiger partial charge in [0.25, 0.3) is 0 Å². The fraction of sp³-hybridized carbons (Fsp3) is 0.333. The van der Waals surface area contributed by atoms with Gasteiger partial charge in [-0.25, -0.2) is 8.42 Å². The van der Waals surface area contributed by atoms with E-state index in [-0.39, 0.29) is 29.5 Å². The number of carbonyl (C=O) groups excluding carboxylic acids is 1. The van der Waals surface area contributed by atoms with E-state index in [1.807, 2.05) is 24.3 Å². The van der Waals surface area contributed by atoms with Crippen molar-refractivity contribution in [3.05, 3.63) is 60.2 Å². The molecule has 8 heteroatoms. The number of carbonyl (C=O) groups is 1. The van der Waals surface area contributed by atoms with Gasteiger partial charge in [-0.15, -0.1) is 11.8 Å². The predicted octanol–water partition coefficient (Wildman–Crippen LogP) is 2.96. The largest absolute Gasteiger partial charge is 0.340 e. The summed E-state index contributed by atoms with van der Waals surface area (Å²) in [6, 6.07) is 18.2. The minimum absolute atomic E-state index is 0.0280. The number of amides is 1. The van der Waals surface area contributed by atoms with Gasteiger partial charge in [0.1, 0.15) is 6.07 Å². The molecule has 0 radical (unpaired) electrons. The van der Waals surface area contributed by atoms with Gasteiger partial charge in [-0.1, -0.05) is 30.3 Å². The number of hydrogen-bond acceptors (Lipinski definition) is 5. The second-order valence-corrected chi connectivity index (χ2v) is 9.73. The summed E-state index contributed by atoms with van der Waals surface area (Å²) in [6.45, 7) is 1.23. The molecular formula is C21H23N3O3S2. The molecule has 0 atom stereocenters. The predicted molar refractivity (Wildman–Crippen MR) is 113 cm³/mol. The van der Waals surface area contributed by atoms with Crippen LogP contribution in [0.5, 0.6) is 0 Å². The van der Waals surface area contributed by atoms with E-state index in [1.54, 1.807) is 28.8 Å². The first kappa shape index (κ1) is 21.4. The van der Waals surface area contributed by atoms with E-state index in [1.165, 1.54) is 21.3 Å². The zero-order chi connectivity index (χ0) is 20.7. The molecule has 0 aliphatic carbocycles. The van der Waals surface area contributed by atoms with Gasteiger partial charge >= 0.3 is 0 Å². The molecule has 2 aromatic rings. The zero-order valence-electron chi connectivity index (χ0n) is 16.0. The Hall–Kier alpha value is -2.34. The van der Waals surface area contributed by atoms with E-state index >= 15 is 0 Å². The first-order chi connectivity index (χ1) is 14.0. The van der Waals surface area contributed by atoms with Crippen molar-refractivity contribution in [2.24, 2.45) is 0 Å². The summed E-state index contributed by atoms with van der Waals surface area (Å²) in [5.41, 5.74) is 0.141. The van der Waals surface area contributed by atoms with Crippen LogP contribution in [0.3, 0.4) is 0 Å². The average molecular weight is 430 g/mol. The van der Waals surface area contributed by atoms with Crippen molar-refractivity contribution in [1.82, 2.24) is 9.21 Å². The van der Waals surface area contributed by atoms with Gasteiger partial charge < -0.3 is 4.90 Å². The minimum atomic E-state index is -3.74. The topological polar surface area (TPSA) is 81.5 Å². The molecule has 0 N–H and O–H groups in total. The normalized spacial score (nSPS) is 15.1. The summed E-state index contributed by atoms with van der Waals surface area (Å²) in [6.07, 6.45) is 1.25. The van der Waals surface area contributed by atoms with E-state index in [4.69, 9.17) is 0 Å². The van der Waals surface area contributed by atoms with Crippen LogP contribution in [0.15, 0.2) is 64.4 Å². The number of hydrogen-bond donors (Lipinski definition) is 0. The lowest BCUT2D eigenvalue weighted by Gasteiger charge is -2.34. The molecule has 1 aliphatic rings. The van der Waals surface area contributed by atoms with Crippen molar-refractivity contribution in [2.75, 3.05) is 31.9 Å². The maximum absolute atomic E-state index is 12.9. The van der Waals surface area contributed by atoms with Gasteiger partial charge in [-0.2, -0.15) is 9.57 Å². The van der Waals surface area contributed by atoms with Crippen LogP contribution in [0.1, 0.15) is 18.4 Å². The second kappa shape index (κ2) is 9.92. The van der Waals surface area contributed by atoms with Gasteiger partial charge in [0.15, 0.2) is 0 Å². The molecule has 0 aromatic heterocycles. The Labute approximate surface area is 176 Å². The SMILES string of the molecule is N#Cc1ccccc1S(=O)(=O)N1CCN(C(=O)CCCSc2ccccc2)CC1. The molecule has 152 valence electrons. The second-order valence-electron chi connectivity index (χ2n) is 6.66. The van der Waals surface area contributed by atoms with Crippen molar-refractivity contribution in [3.63, 3.8) is 0 Å². The molecule has 1 saturated heterocycles. The molecule has 0 unspecified atom stereocenters. The highest BCUT2D eigenvalue weighted by molar-refractivity contribution is 7.99. The van der Waals surface area contributed by atoms with E-state index in [0.29, 0.717) is 19.5 Å². The summed E-state index contributed by atoms with van der Waals surface area (Å²) < 4.78 is 27.1. The highest BCUT2D eigenvalue weighted by Crippen LogP contribution is 2.22. The van der Waals surface area contributed by atoms with Crippen LogP contribution in [0.4, 0.5) is 0 Å².